The summed E-state index contributed by atoms with van der Waals surface area (Å²) in [7, 11) is -3.70. The van der Waals surface area contributed by atoms with Crippen molar-refractivity contribution in [3.05, 3.63) is 46.0 Å². The number of anilines is 1. The summed E-state index contributed by atoms with van der Waals surface area (Å²) in [5, 5.41) is 4.52. The van der Waals surface area contributed by atoms with Gasteiger partial charge < -0.3 is 0 Å². The van der Waals surface area contributed by atoms with E-state index in [1.807, 2.05) is 6.92 Å². The molecule has 1 N–H and O–H groups in total. The smallest absolute Gasteiger partial charge is 0.263 e. The summed E-state index contributed by atoms with van der Waals surface area (Å²) in [5.41, 5.74) is 0.864. The molecule has 3 heterocycles. The van der Waals surface area contributed by atoms with Crippen molar-refractivity contribution < 1.29 is 8.42 Å². The van der Waals surface area contributed by atoms with Gasteiger partial charge in [-0.3, -0.25) is 4.72 Å². The van der Waals surface area contributed by atoms with Crippen molar-refractivity contribution in [2.45, 2.75) is 37.5 Å². The lowest BCUT2D eigenvalue weighted by Gasteiger charge is -2.09. The van der Waals surface area contributed by atoms with Gasteiger partial charge >= 0.3 is 0 Å². The van der Waals surface area contributed by atoms with Gasteiger partial charge in [0.25, 0.3) is 16.0 Å². The summed E-state index contributed by atoms with van der Waals surface area (Å²) in [6.07, 6.45) is 5.35. The van der Waals surface area contributed by atoms with Gasteiger partial charge in [0.2, 0.25) is 0 Å². The van der Waals surface area contributed by atoms with Crippen LogP contribution in [0.2, 0.25) is 0 Å². The van der Waals surface area contributed by atoms with Crippen molar-refractivity contribution >= 4 is 27.2 Å². The maximum absolute atomic E-state index is 12.8. The normalized spacial score (nSPS) is 14.6. The van der Waals surface area contributed by atoms with E-state index in [1.54, 1.807) is 37.5 Å². The van der Waals surface area contributed by atoms with Crippen molar-refractivity contribution in [2.75, 3.05) is 4.72 Å². The predicted molar refractivity (Wildman–Crippen MR) is 95.7 cm³/mol. The van der Waals surface area contributed by atoms with Gasteiger partial charge in [-0.05, 0) is 38.8 Å². The number of nitrogens with zero attached hydrogens (tertiary/aromatic N) is 4. The molecule has 1 saturated carbocycles. The zero-order chi connectivity index (χ0) is 17.6. The van der Waals surface area contributed by atoms with Gasteiger partial charge in [0, 0.05) is 34.1 Å². The van der Waals surface area contributed by atoms with Gasteiger partial charge in [-0.15, -0.1) is 11.3 Å². The van der Waals surface area contributed by atoms with Crippen LogP contribution in [0.4, 0.5) is 5.82 Å². The molecule has 7 nitrogen and oxygen atoms in total. The van der Waals surface area contributed by atoms with Crippen LogP contribution in [-0.2, 0) is 10.0 Å². The summed E-state index contributed by atoms with van der Waals surface area (Å²) in [5.74, 6) is 1.08. The van der Waals surface area contributed by atoms with E-state index in [4.69, 9.17) is 0 Å². The van der Waals surface area contributed by atoms with Gasteiger partial charge in [0.15, 0.2) is 0 Å². The Bertz CT molecular complexity index is 1020. The predicted octanol–water partition coefficient (Wildman–Crippen LogP) is 3.02. The van der Waals surface area contributed by atoms with Crippen LogP contribution in [0.25, 0.3) is 5.95 Å². The number of nitrogens with one attached hydrogen (secondary N) is 1. The summed E-state index contributed by atoms with van der Waals surface area (Å²) >= 11 is 1.46. The van der Waals surface area contributed by atoms with Crippen LogP contribution in [0, 0.1) is 13.8 Å². The Morgan fingerprint density at radius 2 is 1.92 bits per heavy atom. The van der Waals surface area contributed by atoms with Crippen molar-refractivity contribution in [3.63, 3.8) is 0 Å². The molecular formula is C16H17N5O2S2. The van der Waals surface area contributed by atoms with Crippen LogP contribution in [0.15, 0.2) is 35.5 Å². The second kappa shape index (κ2) is 5.92. The lowest BCUT2D eigenvalue weighted by molar-refractivity contribution is 0.600. The molecule has 9 heteroatoms. The van der Waals surface area contributed by atoms with Gasteiger partial charge in [-0.1, -0.05) is 0 Å². The van der Waals surface area contributed by atoms with Gasteiger partial charge in [-0.25, -0.2) is 18.4 Å². The number of thiophene rings is 1. The molecular weight excluding hydrogens is 358 g/mol. The fourth-order valence-corrected chi connectivity index (χ4v) is 5.26. The SMILES string of the molecule is Cc1cc(S(=O)(=O)Nc2cc(C3CC3)nn2-c2ncccn2)c(C)s1. The molecule has 0 aliphatic heterocycles. The third-order valence-electron chi connectivity index (χ3n) is 3.99. The standard InChI is InChI=1S/C16H17N5O2S2/c1-10-8-14(11(2)24-10)25(22,23)20-15-9-13(12-4-5-12)19-21(15)16-17-6-3-7-18-16/h3,6-9,12,20H,4-5H2,1-2H3. The molecule has 0 unspecified atom stereocenters. The van der Waals surface area contributed by atoms with Crippen molar-refractivity contribution in [1.82, 2.24) is 19.7 Å². The van der Waals surface area contributed by atoms with E-state index in [0.29, 0.717) is 22.6 Å². The Morgan fingerprint density at radius 1 is 1.20 bits per heavy atom. The summed E-state index contributed by atoms with van der Waals surface area (Å²) < 4.78 is 29.8. The third kappa shape index (κ3) is 3.16. The molecule has 3 aromatic heterocycles. The highest BCUT2D eigenvalue weighted by molar-refractivity contribution is 7.93. The van der Waals surface area contributed by atoms with Crippen LogP contribution in [0.3, 0.4) is 0 Å². The molecule has 3 aromatic rings. The Morgan fingerprint density at radius 3 is 2.52 bits per heavy atom. The van der Waals surface area contributed by atoms with E-state index in [1.165, 1.54) is 16.0 Å². The quantitative estimate of drug-likeness (QED) is 0.740. The van der Waals surface area contributed by atoms with Crippen molar-refractivity contribution in [1.29, 1.82) is 0 Å². The molecule has 1 aliphatic rings. The zero-order valence-corrected chi connectivity index (χ0v) is 15.4. The first kappa shape index (κ1) is 16.2. The molecule has 0 radical (unpaired) electrons. The first-order chi connectivity index (χ1) is 11.9. The van der Waals surface area contributed by atoms with Crippen molar-refractivity contribution in [3.8, 4) is 5.95 Å². The Hall–Kier alpha value is -2.26. The second-order valence-electron chi connectivity index (χ2n) is 6.07. The maximum atomic E-state index is 12.8. The van der Waals surface area contributed by atoms with E-state index in [0.717, 1.165) is 28.3 Å². The highest BCUT2D eigenvalue weighted by atomic mass is 32.2. The van der Waals surface area contributed by atoms with E-state index in [-0.39, 0.29) is 0 Å². The largest absolute Gasteiger partial charge is 0.264 e. The molecule has 0 atom stereocenters. The fraction of sp³-hybridized carbons (Fsp3) is 0.312. The minimum absolute atomic E-state index is 0.296. The minimum Gasteiger partial charge on any atom is -0.263 e. The molecule has 25 heavy (non-hydrogen) atoms. The van der Waals surface area contributed by atoms with Gasteiger partial charge in [0.1, 0.15) is 10.7 Å². The number of sulfonamides is 1. The summed E-state index contributed by atoms with van der Waals surface area (Å²) in [6, 6.07) is 5.17. The minimum atomic E-state index is -3.70. The van der Waals surface area contributed by atoms with Crippen LogP contribution in [0.1, 0.15) is 34.2 Å². The van der Waals surface area contributed by atoms with Crippen LogP contribution >= 0.6 is 11.3 Å². The molecule has 1 fully saturated rings. The average Bonchev–Trinajstić information content (AvgIpc) is 3.25. The topological polar surface area (TPSA) is 89.8 Å². The molecule has 4 rings (SSSR count). The molecule has 0 spiro atoms. The lowest BCUT2D eigenvalue weighted by Crippen LogP contribution is -2.16. The Kier molecular flexibility index (Phi) is 3.84. The third-order valence-corrected chi connectivity index (χ3v) is 6.57. The number of hydrogen-bond acceptors (Lipinski definition) is 6. The Labute approximate surface area is 149 Å². The van der Waals surface area contributed by atoms with E-state index in [2.05, 4.69) is 19.8 Å². The molecule has 0 bridgehead atoms. The summed E-state index contributed by atoms with van der Waals surface area (Å²) in [6.45, 7) is 3.70. The average molecular weight is 375 g/mol. The highest BCUT2D eigenvalue weighted by Crippen LogP contribution is 2.40. The monoisotopic (exact) mass is 375 g/mol. The molecule has 0 saturated heterocycles. The molecule has 130 valence electrons. The maximum Gasteiger partial charge on any atom is 0.264 e. The van der Waals surface area contributed by atoms with Gasteiger partial charge in [0.05, 0.1) is 5.69 Å². The fourth-order valence-electron chi connectivity index (χ4n) is 2.67. The number of aromatic nitrogens is 4. The van der Waals surface area contributed by atoms with Crippen LogP contribution < -0.4 is 4.72 Å². The molecule has 0 aromatic carbocycles. The highest BCUT2D eigenvalue weighted by Gasteiger charge is 2.29. The van der Waals surface area contributed by atoms with Crippen molar-refractivity contribution in [2.24, 2.45) is 0 Å². The van der Waals surface area contributed by atoms with E-state index in [9.17, 15) is 8.42 Å². The number of rotatable bonds is 5. The van der Waals surface area contributed by atoms with Crippen LogP contribution in [-0.4, -0.2) is 28.2 Å². The van der Waals surface area contributed by atoms with E-state index < -0.39 is 10.0 Å². The Balaban J connectivity index is 1.76. The summed E-state index contributed by atoms with van der Waals surface area (Å²) in [4.78, 5) is 10.4. The van der Waals surface area contributed by atoms with Gasteiger partial charge in [-0.2, -0.15) is 9.78 Å². The van der Waals surface area contributed by atoms with Crippen LogP contribution in [0.5, 0.6) is 0 Å². The van der Waals surface area contributed by atoms with E-state index >= 15 is 0 Å². The number of aryl methyl sites for hydroxylation is 2. The molecule has 1 aliphatic carbocycles. The lowest BCUT2D eigenvalue weighted by atomic mass is 10.3. The first-order valence-corrected chi connectivity index (χ1v) is 10.2. The second-order valence-corrected chi connectivity index (χ2v) is 9.18. The zero-order valence-electron chi connectivity index (χ0n) is 13.8. The number of hydrogen-bond donors (Lipinski definition) is 1. The molecule has 0 amide bonds. The first-order valence-electron chi connectivity index (χ1n) is 7.91.